The van der Waals surface area contributed by atoms with Crippen LogP contribution in [0.25, 0.3) is 0 Å². The van der Waals surface area contributed by atoms with E-state index in [1.807, 2.05) is 0 Å². The molecule has 0 spiro atoms. The third-order valence-corrected chi connectivity index (χ3v) is 4.42. The van der Waals surface area contributed by atoms with Crippen molar-refractivity contribution in [3.05, 3.63) is 76.7 Å². The van der Waals surface area contributed by atoms with Crippen molar-refractivity contribution in [2.75, 3.05) is 9.80 Å². The quantitative estimate of drug-likeness (QED) is 0.384. The molecule has 0 aromatic heterocycles. The van der Waals surface area contributed by atoms with Crippen LogP contribution in [0.3, 0.4) is 0 Å². The second kappa shape index (κ2) is 9.82. The molecule has 0 fully saturated rings. The first kappa shape index (κ1) is 22.8. The molecule has 1 heterocycles. The summed E-state index contributed by atoms with van der Waals surface area (Å²) < 4.78 is 0. The van der Waals surface area contributed by atoms with Crippen LogP contribution in [0, 0.1) is 48.2 Å². The van der Waals surface area contributed by atoms with Crippen LogP contribution in [0.2, 0.25) is 0 Å². The molecule has 0 N–H and O–H groups in total. The minimum absolute atomic E-state index is 1.27. The van der Waals surface area contributed by atoms with Crippen LogP contribution in [0.4, 0.5) is 11.4 Å². The average molecular weight is 527 g/mol. The van der Waals surface area contributed by atoms with E-state index in [0.717, 1.165) is 0 Å². The zero-order valence-corrected chi connectivity index (χ0v) is 22.2. The monoisotopic (exact) mass is 525 g/mol. The number of aryl methyl sites for hydroxylation is 6. The van der Waals surface area contributed by atoms with Crippen molar-refractivity contribution >= 4 is 55.0 Å². The van der Waals surface area contributed by atoms with E-state index in [2.05, 4.69) is 94.7 Å². The molecule has 27 heavy (non-hydrogen) atoms. The molecule has 0 saturated heterocycles. The predicted molar refractivity (Wildman–Crippen MR) is 123 cm³/mol. The van der Waals surface area contributed by atoms with E-state index in [9.17, 15) is 0 Å². The predicted octanol–water partition coefficient (Wildman–Crippen LogP) is 7.14. The molecule has 0 radical (unpaired) electrons. The number of nitrogens with zero attached hydrogens (tertiary/aromatic N) is 2. The number of hydrogen-bond donors (Lipinski definition) is 0. The average Bonchev–Trinajstić information content (AvgIpc) is 2.93. The molecule has 1 aliphatic heterocycles. The number of anilines is 2. The second-order valence-corrected chi connectivity index (χ2v) is 21.7. The molecule has 0 bridgehead atoms. The van der Waals surface area contributed by atoms with Crippen molar-refractivity contribution in [1.29, 1.82) is 0 Å². The number of hydrogen-bond acceptors (Lipinski definition) is 2. The van der Waals surface area contributed by atoms with Crippen molar-refractivity contribution < 1.29 is 0 Å². The molecular formula is C21H25Cl3InN2-. The summed E-state index contributed by atoms with van der Waals surface area (Å²) in [6.07, 6.45) is 4.28. The van der Waals surface area contributed by atoms with E-state index in [1.165, 1.54) is 44.8 Å². The van der Waals surface area contributed by atoms with E-state index in [0.29, 0.717) is 0 Å². The van der Waals surface area contributed by atoms with E-state index >= 15 is 0 Å². The standard InChI is InChI=1S/C21H25N2.3ClH.In/c1-14-9-16(3)20(17(4)10-14)22-7-8-23(13-22)21-18(5)11-15(2)12-19(21)6;;;;/h7-13H,1-6H3;3*1H;/q-1;;;;+3/p-3. The van der Waals surface area contributed by atoms with Gasteiger partial charge in [-0.1, -0.05) is 35.4 Å². The molecule has 0 atom stereocenters. The van der Waals surface area contributed by atoms with Gasteiger partial charge in [0.1, 0.15) is 0 Å². The molecule has 1 aliphatic rings. The van der Waals surface area contributed by atoms with Crippen LogP contribution in [0.15, 0.2) is 36.7 Å². The van der Waals surface area contributed by atoms with Gasteiger partial charge >= 0.3 is 43.6 Å². The van der Waals surface area contributed by atoms with Crippen LogP contribution >= 0.6 is 25.7 Å². The summed E-state index contributed by atoms with van der Waals surface area (Å²) in [6.45, 7) is 15.2. The third-order valence-electron chi connectivity index (χ3n) is 4.42. The van der Waals surface area contributed by atoms with Gasteiger partial charge < -0.3 is 9.80 Å². The van der Waals surface area contributed by atoms with Crippen LogP contribution in [0.5, 0.6) is 0 Å². The number of halogens is 3. The molecule has 2 nitrogen and oxygen atoms in total. The van der Waals surface area contributed by atoms with Crippen LogP contribution in [-0.4, -0.2) is 17.9 Å². The molecule has 0 amide bonds. The zero-order chi connectivity index (χ0) is 20.3. The van der Waals surface area contributed by atoms with E-state index < -0.39 is 17.9 Å². The number of benzene rings is 2. The summed E-state index contributed by atoms with van der Waals surface area (Å²) >= 11 is -2.22. The van der Waals surface area contributed by atoms with Gasteiger partial charge in [-0.15, -0.1) is 6.67 Å². The Bertz CT molecular complexity index is 735. The normalized spacial score (nSPS) is 12.9. The topological polar surface area (TPSA) is 6.48 Å². The Morgan fingerprint density at radius 1 is 0.630 bits per heavy atom. The molecule has 0 saturated carbocycles. The summed E-state index contributed by atoms with van der Waals surface area (Å²) in [7, 11) is 15.0. The second-order valence-electron chi connectivity index (χ2n) is 6.97. The summed E-state index contributed by atoms with van der Waals surface area (Å²) in [5, 5.41) is 0. The van der Waals surface area contributed by atoms with Crippen molar-refractivity contribution in [2.45, 2.75) is 41.5 Å². The Hall–Kier alpha value is -0.480. The van der Waals surface area contributed by atoms with E-state index in [4.69, 9.17) is 25.7 Å². The van der Waals surface area contributed by atoms with Crippen molar-refractivity contribution in [2.24, 2.45) is 0 Å². The molecule has 0 unspecified atom stereocenters. The Morgan fingerprint density at radius 2 is 0.889 bits per heavy atom. The van der Waals surface area contributed by atoms with Crippen molar-refractivity contribution in [1.82, 2.24) is 0 Å². The van der Waals surface area contributed by atoms with Gasteiger partial charge in [-0.25, -0.2) is 0 Å². The molecule has 0 aliphatic carbocycles. The van der Waals surface area contributed by atoms with Gasteiger partial charge in [0, 0.05) is 11.4 Å². The summed E-state index contributed by atoms with van der Waals surface area (Å²) in [4.78, 5) is 4.45. The SMILES string of the molecule is Cc1cc(C)c(N2C=CN(c3c(C)cc(C)cc3C)[CH-]2)c(C)c1.[Cl][In]([Cl])[Cl]. The Labute approximate surface area is 182 Å². The third kappa shape index (κ3) is 6.00. The first-order chi connectivity index (χ1) is 12.6. The summed E-state index contributed by atoms with van der Waals surface area (Å²) in [6, 6.07) is 8.98. The van der Waals surface area contributed by atoms with Gasteiger partial charge in [-0.05, 0) is 76.2 Å². The van der Waals surface area contributed by atoms with E-state index in [-0.39, 0.29) is 0 Å². The van der Waals surface area contributed by atoms with Gasteiger partial charge in [-0.3, -0.25) is 0 Å². The Kier molecular flexibility index (Phi) is 8.30. The maximum atomic E-state index is 5.02. The van der Waals surface area contributed by atoms with Gasteiger partial charge in [0.05, 0.1) is 0 Å². The fraction of sp³-hybridized carbons (Fsp3) is 0.286. The van der Waals surface area contributed by atoms with Gasteiger partial charge in [0.25, 0.3) is 0 Å². The van der Waals surface area contributed by atoms with E-state index in [1.54, 1.807) is 0 Å². The first-order valence-corrected chi connectivity index (χ1v) is 21.3. The van der Waals surface area contributed by atoms with Gasteiger partial charge in [-0.2, -0.15) is 0 Å². The van der Waals surface area contributed by atoms with Gasteiger partial charge in [0.2, 0.25) is 0 Å². The molecule has 2 aromatic rings. The first-order valence-electron chi connectivity index (χ1n) is 8.78. The minimum atomic E-state index is -2.22. The van der Waals surface area contributed by atoms with Crippen molar-refractivity contribution in [3.63, 3.8) is 0 Å². The zero-order valence-electron chi connectivity index (χ0n) is 16.6. The van der Waals surface area contributed by atoms with Crippen LogP contribution in [-0.2, 0) is 0 Å². The Balaban J connectivity index is 0.000000596. The van der Waals surface area contributed by atoms with Crippen LogP contribution < -0.4 is 9.80 Å². The molecular weight excluding hydrogens is 501 g/mol. The summed E-state index contributed by atoms with van der Waals surface area (Å²) in [5.74, 6) is 0. The Morgan fingerprint density at radius 3 is 1.15 bits per heavy atom. The molecule has 3 rings (SSSR count). The molecule has 144 valence electrons. The number of rotatable bonds is 2. The molecule has 2 aromatic carbocycles. The molecule has 6 heteroatoms. The fourth-order valence-corrected chi connectivity index (χ4v) is 3.78. The maximum absolute atomic E-state index is 5.02. The van der Waals surface area contributed by atoms with Crippen molar-refractivity contribution in [3.8, 4) is 0 Å². The summed E-state index contributed by atoms with van der Waals surface area (Å²) in [5.41, 5.74) is 10.4. The fourth-order valence-electron chi connectivity index (χ4n) is 3.78. The van der Waals surface area contributed by atoms with Crippen LogP contribution in [0.1, 0.15) is 33.4 Å². The van der Waals surface area contributed by atoms with Gasteiger partial charge in [0.15, 0.2) is 0 Å².